The van der Waals surface area contributed by atoms with Gasteiger partial charge in [-0.2, -0.15) is 0 Å². The number of alkyl halides is 3. The Morgan fingerprint density at radius 1 is 1.00 bits per heavy atom. The number of nitrogens with one attached hydrogen (secondary N) is 1. The van der Waals surface area contributed by atoms with Crippen LogP contribution in [0.5, 0.6) is 11.5 Å². The van der Waals surface area contributed by atoms with Gasteiger partial charge in [-0.1, -0.05) is 12.1 Å². The smallest absolute Gasteiger partial charge is 0.497 e. The molecule has 1 saturated heterocycles. The van der Waals surface area contributed by atoms with E-state index < -0.39 is 18.0 Å². The van der Waals surface area contributed by atoms with Crippen LogP contribution in [0.4, 0.5) is 24.8 Å². The lowest BCUT2D eigenvalue weighted by molar-refractivity contribution is -0.274. The highest BCUT2D eigenvalue weighted by Gasteiger charge is 2.32. The van der Waals surface area contributed by atoms with Crippen LogP contribution in [0.25, 0.3) is 22.1 Å². The monoisotopic (exact) mass is 527 g/mol. The minimum absolute atomic E-state index is 0.0172. The molecule has 12 heteroatoms. The lowest BCUT2D eigenvalue weighted by atomic mass is 10.0. The maximum Gasteiger partial charge on any atom is 0.573 e. The summed E-state index contributed by atoms with van der Waals surface area (Å²) in [5.74, 6) is 0.282. The number of fused-ring (bicyclic) bond motifs is 1. The number of rotatable bonds is 6. The predicted molar refractivity (Wildman–Crippen MR) is 135 cm³/mol. The van der Waals surface area contributed by atoms with Gasteiger partial charge in [0.25, 0.3) is 5.91 Å². The Kier molecular flexibility index (Phi) is 6.81. The molecule has 0 radical (unpaired) electrons. The van der Waals surface area contributed by atoms with Gasteiger partial charge in [-0.15, -0.1) is 23.4 Å². The Balaban J connectivity index is 1.34. The fourth-order valence-electron chi connectivity index (χ4n) is 4.16. The average Bonchev–Trinajstić information content (AvgIpc) is 3.32. The van der Waals surface area contributed by atoms with Gasteiger partial charge in [0.05, 0.1) is 7.11 Å². The number of methoxy groups -OCH3 is 1. The van der Waals surface area contributed by atoms with E-state index in [-0.39, 0.29) is 22.9 Å². The zero-order chi connectivity index (χ0) is 26.9. The third kappa shape index (κ3) is 5.65. The molecule has 0 atom stereocenters. The van der Waals surface area contributed by atoms with Gasteiger partial charge < -0.3 is 29.0 Å². The van der Waals surface area contributed by atoms with Crippen LogP contribution < -0.4 is 19.7 Å². The molecule has 1 amide bonds. The second kappa shape index (κ2) is 10.2. The second-order valence-electron chi connectivity index (χ2n) is 8.79. The first-order valence-electron chi connectivity index (χ1n) is 11.7. The van der Waals surface area contributed by atoms with Crippen LogP contribution in [-0.4, -0.2) is 67.7 Å². The van der Waals surface area contributed by atoms with E-state index in [1.807, 2.05) is 0 Å². The molecule has 4 aromatic rings. The first-order valence-corrected chi connectivity index (χ1v) is 11.7. The van der Waals surface area contributed by atoms with E-state index in [4.69, 9.17) is 9.15 Å². The summed E-state index contributed by atoms with van der Waals surface area (Å²) < 4.78 is 53.9. The molecular weight excluding hydrogens is 503 g/mol. The highest BCUT2D eigenvalue weighted by Crippen LogP contribution is 2.38. The van der Waals surface area contributed by atoms with Crippen molar-refractivity contribution in [3.05, 3.63) is 60.4 Å². The minimum atomic E-state index is -4.88. The molecule has 1 N–H and O–H groups in total. The molecule has 1 fully saturated rings. The third-order valence-corrected chi connectivity index (χ3v) is 6.19. The Morgan fingerprint density at radius 3 is 2.47 bits per heavy atom. The summed E-state index contributed by atoms with van der Waals surface area (Å²) in [6, 6.07) is 14.0. The van der Waals surface area contributed by atoms with Gasteiger partial charge in [-0.05, 0) is 49.0 Å². The SMILES string of the molecule is COc1ccc(-c2ccc3cc(C(=O)Nc4ccc(N5CCN(C)CC5)nn4)oc3c2)c(OC(F)(F)F)c1. The van der Waals surface area contributed by atoms with Crippen LogP contribution in [0.3, 0.4) is 0 Å². The van der Waals surface area contributed by atoms with Crippen molar-refractivity contribution in [1.29, 1.82) is 0 Å². The number of anilines is 2. The van der Waals surface area contributed by atoms with E-state index in [1.165, 1.54) is 19.2 Å². The van der Waals surface area contributed by atoms with Crippen LogP contribution in [0.1, 0.15) is 10.6 Å². The van der Waals surface area contributed by atoms with Gasteiger partial charge in [0.2, 0.25) is 0 Å². The number of ether oxygens (including phenoxy) is 2. The molecule has 1 aliphatic heterocycles. The molecule has 9 nitrogen and oxygen atoms in total. The Morgan fingerprint density at radius 2 is 1.79 bits per heavy atom. The van der Waals surface area contributed by atoms with Crippen LogP contribution >= 0.6 is 0 Å². The second-order valence-corrected chi connectivity index (χ2v) is 8.79. The van der Waals surface area contributed by atoms with Gasteiger partial charge in [0.15, 0.2) is 17.4 Å². The van der Waals surface area contributed by atoms with Crippen molar-refractivity contribution in [2.75, 3.05) is 50.6 Å². The summed E-state index contributed by atoms with van der Waals surface area (Å²) in [6.45, 7) is 3.56. The molecule has 1 aliphatic rings. The zero-order valence-corrected chi connectivity index (χ0v) is 20.6. The lowest BCUT2D eigenvalue weighted by Crippen LogP contribution is -2.44. The average molecular weight is 528 g/mol. The number of halogens is 3. The van der Waals surface area contributed by atoms with Crippen LogP contribution in [0.2, 0.25) is 0 Å². The number of benzene rings is 2. The van der Waals surface area contributed by atoms with E-state index in [9.17, 15) is 18.0 Å². The minimum Gasteiger partial charge on any atom is -0.497 e. The number of hydrogen-bond donors (Lipinski definition) is 1. The molecule has 0 unspecified atom stereocenters. The third-order valence-electron chi connectivity index (χ3n) is 6.19. The molecule has 0 bridgehead atoms. The van der Waals surface area contributed by atoms with Crippen LogP contribution in [-0.2, 0) is 0 Å². The highest BCUT2D eigenvalue weighted by atomic mass is 19.4. The maximum atomic E-state index is 13.0. The van der Waals surface area contributed by atoms with Gasteiger partial charge in [-0.3, -0.25) is 4.79 Å². The van der Waals surface area contributed by atoms with Crippen molar-refractivity contribution in [2.45, 2.75) is 6.36 Å². The van der Waals surface area contributed by atoms with Crippen LogP contribution in [0, 0.1) is 0 Å². The fourth-order valence-corrected chi connectivity index (χ4v) is 4.16. The number of aromatic nitrogens is 2. The number of hydrogen-bond acceptors (Lipinski definition) is 8. The molecule has 198 valence electrons. The van der Waals surface area contributed by atoms with E-state index in [0.717, 1.165) is 38.1 Å². The molecule has 0 saturated carbocycles. The zero-order valence-electron chi connectivity index (χ0n) is 20.6. The molecule has 38 heavy (non-hydrogen) atoms. The highest BCUT2D eigenvalue weighted by molar-refractivity contribution is 6.04. The van der Waals surface area contributed by atoms with Crippen molar-refractivity contribution in [2.24, 2.45) is 0 Å². The first-order chi connectivity index (χ1) is 18.2. The summed E-state index contributed by atoms with van der Waals surface area (Å²) in [5, 5.41) is 11.6. The number of piperazine rings is 1. The number of carbonyl (C=O) groups is 1. The lowest BCUT2D eigenvalue weighted by Gasteiger charge is -2.32. The first kappa shape index (κ1) is 25.3. The topological polar surface area (TPSA) is 93.0 Å². The maximum absolute atomic E-state index is 13.0. The van der Waals surface area contributed by atoms with Crippen molar-refractivity contribution < 1.29 is 31.9 Å². The van der Waals surface area contributed by atoms with Crippen molar-refractivity contribution in [3.8, 4) is 22.6 Å². The number of carbonyl (C=O) groups excluding carboxylic acids is 1. The van der Waals surface area contributed by atoms with E-state index in [1.54, 1.807) is 36.4 Å². The number of furan rings is 1. The van der Waals surface area contributed by atoms with E-state index in [2.05, 4.69) is 37.1 Å². The number of amides is 1. The number of nitrogens with zero attached hydrogens (tertiary/aromatic N) is 4. The van der Waals surface area contributed by atoms with Gasteiger partial charge in [0.1, 0.15) is 17.1 Å². The Hall–Kier alpha value is -4.32. The van der Waals surface area contributed by atoms with Gasteiger partial charge in [-0.25, -0.2) is 0 Å². The summed E-state index contributed by atoms with van der Waals surface area (Å²) in [4.78, 5) is 17.2. The molecule has 3 heterocycles. The largest absolute Gasteiger partial charge is 0.573 e. The molecule has 0 aliphatic carbocycles. The van der Waals surface area contributed by atoms with E-state index in [0.29, 0.717) is 16.5 Å². The van der Waals surface area contributed by atoms with Crippen molar-refractivity contribution in [1.82, 2.24) is 15.1 Å². The van der Waals surface area contributed by atoms with Crippen molar-refractivity contribution in [3.63, 3.8) is 0 Å². The van der Waals surface area contributed by atoms with E-state index >= 15 is 0 Å². The molecular formula is C26H24F3N5O4. The molecule has 2 aromatic carbocycles. The normalized spacial score (nSPS) is 14.5. The van der Waals surface area contributed by atoms with Crippen LogP contribution in [0.15, 0.2) is 59.0 Å². The quantitative estimate of drug-likeness (QED) is 0.382. The van der Waals surface area contributed by atoms with Gasteiger partial charge in [0, 0.05) is 43.2 Å². The Labute approximate surface area is 215 Å². The summed E-state index contributed by atoms with van der Waals surface area (Å²) >= 11 is 0. The standard InChI is InChI=1S/C26H24F3N5O4/c1-33-9-11-34(12-10-33)24-8-7-23(31-32-24)30-25(35)22-14-17-4-3-16(13-20(17)37-22)19-6-5-18(36-2)15-21(19)38-26(27,28)29/h3-8,13-15H,9-12H2,1-2H3,(H,30,31,35). The summed E-state index contributed by atoms with van der Waals surface area (Å²) in [7, 11) is 3.42. The Bertz CT molecular complexity index is 1450. The number of likely N-dealkylation sites (N-methyl/N-ethyl adjacent to an activating group) is 1. The molecule has 0 spiro atoms. The predicted octanol–water partition coefficient (Wildman–Crippen LogP) is 4.80. The molecule has 2 aromatic heterocycles. The van der Waals surface area contributed by atoms with Gasteiger partial charge >= 0.3 is 6.36 Å². The summed E-state index contributed by atoms with van der Waals surface area (Å²) in [6.07, 6.45) is -4.88. The van der Waals surface area contributed by atoms with Crippen molar-refractivity contribution >= 4 is 28.5 Å². The molecule has 5 rings (SSSR count). The summed E-state index contributed by atoms with van der Waals surface area (Å²) in [5.41, 5.74) is 0.909. The fraction of sp³-hybridized carbons (Fsp3) is 0.269.